The number of thioether (sulfide) groups is 1. The Kier molecular flexibility index (Phi) is 5.95. The zero-order chi connectivity index (χ0) is 13.4. The molecule has 0 fully saturated rings. The number of carbonyl (C=O) groups is 1. The van der Waals surface area contributed by atoms with Gasteiger partial charge < -0.3 is 11.1 Å². The summed E-state index contributed by atoms with van der Waals surface area (Å²) < 4.78 is 0. The van der Waals surface area contributed by atoms with Crippen molar-refractivity contribution in [2.75, 3.05) is 18.1 Å². The van der Waals surface area contributed by atoms with Gasteiger partial charge in [0.2, 0.25) is 5.91 Å². The topological polar surface area (TPSA) is 55.1 Å². The summed E-state index contributed by atoms with van der Waals surface area (Å²) >= 11 is 1.73. The van der Waals surface area contributed by atoms with Crippen LogP contribution in [0.25, 0.3) is 0 Å². The Morgan fingerprint density at radius 3 is 2.78 bits per heavy atom. The first-order valence-electron chi connectivity index (χ1n) is 5.90. The zero-order valence-electron chi connectivity index (χ0n) is 10.7. The molecule has 1 unspecified atom stereocenters. The highest BCUT2D eigenvalue weighted by molar-refractivity contribution is 7.99. The Morgan fingerprint density at radius 2 is 2.17 bits per heavy atom. The number of amides is 1. The van der Waals surface area contributed by atoms with Gasteiger partial charge in [0.25, 0.3) is 0 Å². The lowest BCUT2D eigenvalue weighted by Gasteiger charge is -2.24. The molecule has 1 aromatic rings. The number of carbonyl (C=O) groups excluding carboxylic acids is 1. The highest BCUT2D eigenvalue weighted by Crippen LogP contribution is 2.17. The van der Waals surface area contributed by atoms with Crippen LogP contribution in [0.2, 0.25) is 0 Å². The van der Waals surface area contributed by atoms with Crippen molar-refractivity contribution in [2.45, 2.75) is 12.5 Å². The van der Waals surface area contributed by atoms with Crippen LogP contribution >= 0.6 is 11.8 Å². The van der Waals surface area contributed by atoms with Crippen molar-refractivity contribution < 1.29 is 4.79 Å². The molecule has 1 amide bonds. The minimum atomic E-state index is -0.982. The van der Waals surface area contributed by atoms with Gasteiger partial charge in [-0.1, -0.05) is 36.4 Å². The van der Waals surface area contributed by atoms with Crippen molar-refractivity contribution in [3.8, 4) is 0 Å². The van der Waals surface area contributed by atoms with Crippen LogP contribution in [0.5, 0.6) is 0 Å². The van der Waals surface area contributed by atoms with Crippen LogP contribution in [0.3, 0.4) is 0 Å². The van der Waals surface area contributed by atoms with E-state index in [1.54, 1.807) is 18.7 Å². The fraction of sp³-hybridized carbons (Fsp3) is 0.357. The average molecular weight is 264 g/mol. The molecule has 0 heterocycles. The Balaban J connectivity index is 2.47. The van der Waals surface area contributed by atoms with Crippen LogP contribution in [0, 0.1) is 0 Å². The van der Waals surface area contributed by atoms with Crippen LogP contribution < -0.4 is 11.1 Å². The quantitative estimate of drug-likeness (QED) is 0.584. The first-order valence-corrected chi connectivity index (χ1v) is 7.06. The van der Waals surface area contributed by atoms with Crippen LogP contribution in [-0.2, 0) is 10.3 Å². The zero-order valence-corrected chi connectivity index (χ0v) is 11.5. The normalized spacial score (nSPS) is 13.7. The van der Waals surface area contributed by atoms with Crippen molar-refractivity contribution in [3.05, 3.63) is 48.6 Å². The Bertz CT molecular complexity index is 390. The van der Waals surface area contributed by atoms with Crippen molar-refractivity contribution in [1.29, 1.82) is 0 Å². The summed E-state index contributed by atoms with van der Waals surface area (Å²) in [7, 11) is 0. The molecular weight excluding hydrogens is 244 g/mol. The maximum Gasteiger partial charge on any atom is 0.244 e. The number of nitrogens with one attached hydrogen (secondary N) is 1. The fourth-order valence-corrected chi connectivity index (χ4v) is 2.08. The number of hydrogen-bond donors (Lipinski definition) is 2. The fourth-order valence-electron chi connectivity index (χ4n) is 1.50. The Labute approximate surface area is 113 Å². The van der Waals surface area contributed by atoms with Gasteiger partial charge in [-0.3, -0.25) is 4.79 Å². The van der Waals surface area contributed by atoms with Gasteiger partial charge in [-0.15, -0.1) is 6.58 Å². The lowest BCUT2D eigenvalue weighted by molar-refractivity contribution is -0.125. The summed E-state index contributed by atoms with van der Waals surface area (Å²) in [5, 5.41) is 2.86. The minimum Gasteiger partial charge on any atom is -0.353 e. The van der Waals surface area contributed by atoms with Crippen molar-refractivity contribution in [1.82, 2.24) is 5.32 Å². The molecule has 98 valence electrons. The smallest absolute Gasteiger partial charge is 0.244 e. The van der Waals surface area contributed by atoms with Gasteiger partial charge in [-0.2, -0.15) is 11.8 Å². The van der Waals surface area contributed by atoms with E-state index in [4.69, 9.17) is 5.73 Å². The van der Waals surface area contributed by atoms with Gasteiger partial charge in [-0.05, 0) is 12.5 Å². The molecular formula is C14H20N2OS. The molecule has 0 saturated heterocycles. The molecule has 3 N–H and O–H groups in total. The molecule has 0 aliphatic heterocycles. The Hall–Kier alpha value is -1.26. The second kappa shape index (κ2) is 7.24. The second-order valence-corrected chi connectivity index (χ2v) is 5.34. The van der Waals surface area contributed by atoms with E-state index in [-0.39, 0.29) is 5.91 Å². The highest BCUT2D eigenvalue weighted by Gasteiger charge is 2.29. The molecule has 1 rings (SSSR count). The highest BCUT2D eigenvalue weighted by atomic mass is 32.2. The molecule has 0 saturated carbocycles. The van der Waals surface area contributed by atoms with Crippen LogP contribution in [-0.4, -0.2) is 24.0 Å². The molecule has 0 aliphatic carbocycles. The molecule has 4 heteroatoms. The van der Waals surface area contributed by atoms with Crippen LogP contribution in [0.15, 0.2) is 43.0 Å². The van der Waals surface area contributed by atoms with E-state index in [1.165, 1.54) is 0 Å². The van der Waals surface area contributed by atoms with Gasteiger partial charge in [0.05, 0.1) is 0 Å². The van der Waals surface area contributed by atoms with Gasteiger partial charge >= 0.3 is 0 Å². The number of nitrogens with two attached hydrogens (primary N) is 1. The van der Waals surface area contributed by atoms with Gasteiger partial charge in [0.15, 0.2) is 0 Å². The van der Waals surface area contributed by atoms with Gasteiger partial charge in [-0.25, -0.2) is 0 Å². The van der Waals surface area contributed by atoms with Crippen molar-refractivity contribution in [3.63, 3.8) is 0 Å². The van der Waals surface area contributed by atoms with E-state index in [0.29, 0.717) is 6.54 Å². The summed E-state index contributed by atoms with van der Waals surface area (Å²) in [5.74, 6) is 1.62. The number of rotatable bonds is 7. The van der Waals surface area contributed by atoms with E-state index in [2.05, 4.69) is 11.9 Å². The molecule has 18 heavy (non-hydrogen) atoms. The molecule has 0 aromatic heterocycles. The number of benzene rings is 1. The summed E-state index contributed by atoms with van der Waals surface area (Å²) in [6, 6.07) is 9.41. The van der Waals surface area contributed by atoms with E-state index in [1.807, 2.05) is 36.4 Å². The monoisotopic (exact) mass is 264 g/mol. The first kappa shape index (κ1) is 14.8. The third kappa shape index (κ3) is 4.20. The third-order valence-corrected chi connectivity index (χ3v) is 3.58. The summed E-state index contributed by atoms with van der Waals surface area (Å²) in [4.78, 5) is 12.0. The van der Waals surface area contributed by atoms with Crippen LogP contribution in [0.1, 0.15) is 12.5 Å². The van der Waals surface area contributed by atoms with Crippen LogP contribution in [0.4, 0.5) is 0 Å². The standard InChI is InChI=1S/C14H20N2OS/c1-3-10-18-11-9-16-13(17)14(2,15)12-7-5-4-6-8-12/h3-8H,1,9-11,15H2,2H3,(H,16,17). The van der Waals surface area contributed by atoms with Gasteiger partial charge in [0.1, 0.15) is 5.54 Å². The van der Waals surface area contributed by atoms with Crippen molar-refractivity contribution in [2.24, 2.45) is 5.73 Å². The average Bonchev–Trinajstić information content (AvgIpc) is 2.39. The van der Waals surface area contributed by atoms with E-state index in [0.717, 1.165) is 17.1 Å². The molecule has 3 nitrogen and oxygen atoms in total. The first-order chi connectivity index (χ1) is 8.59. The summed E-state index contributed by atoms with van der Waals surface area (Å²) in [6.45, 7) is 6.00. The maximum atomic E-state index is 12.0. The maximum absolute atomic E-state index is 12.0. The predicted octanol–water partition coefficient (Wildman–Crippen LogP) is 1.90. The summed E-state index contributed by atoms with van der Waals surface area (Å²) in [6.07, 6.45) is 1.85. The molecule has 1 aromatic carbocycles. The minimum absolute atomic E-state index is 0.145. The molecule has 0 bridgehead atoms. The summed E-state index contributed by atoms with van der Waals surface area (Å²) in [5.41, 5.74) is 5.93. The van der Waals surface area contributed by atoms with Gasteiger partial charge in [0, 0.05) is 18.1 Å². The predicted molar refractivity (Wildman–Crippen MR) is 78.5 cm³/mol. The van der Waals surface area contributed by atoms with Crippen molar-refractivity contribution >= 4 is 17.7 Å². The van der Waals surface area contributed by atoms with E-state index in [9.17, 15) is 4.79 Å². The molecule has 1 atom stereocenters. The second-order valence-electron chi connectivity index (χ2n) is 4.19. The van der Waals surface area contributed by atoms with E-state index < -0.39 is 5.54 Å². The Morgan fingerprint density at radius 1 is 1.50 bits per heavy atom. The molecule has 0 spiro atoms. The SMILES string of the molecule is C=CCSCCNC(=O)C(C)(N)c1ccccc1. The lowest BCUT2D eigenvalue weighted by atomic mass is 9.92. The largest absolute Gasteiger partial charge is 0.353 e. The van der Waals surface area contributed by atoms with E-state index >= 15 is 0 Å². The molecule has 0 radical (unpaired) electrons. The lowest BCUT2D eigenvalue weighted by Crippen LogP contribution is -2.49. The number of hydrogen-bond acceptors (Lipinski definition) is 3. The third-order valence-electron chi connectivity index (χ3n) is 2.61. The molecule has 0 aliphatic rings.